The van der Waals surface area contributed by atoms with Crippen LogP contribution in [0.25, 0.3) is 0 Å². The molecule has 0 aliphatic heterocycles. The van der Waals surface area contributed by atoms with E-state index in [-0.39, 0.29) is 12.4 Å². The first kappa shape index (κ1) is 18.7. The standard InChI is InChI=1S/C17H16BrFN2O4/c1-11(25-15-7-2-4-12(18)8-15)17(23)21-20-16(22)10-24-14-6-3-5-13(19)9-14/h2-9,11H,10H2,1H3,(H,20,22)(H,21,23)/t11-/m0/s1. The predicted molar refractivity (Wildman–Crippen MR) is 92.4 cm³/mol. The molecule has 1 atom stereocenters. The highest BCUT2D eigenvalue weighted by Crippen LogP contribution is 2.18. The van der Waals surface area contributed by atoms with E-state index in [9.17, 15) is 14.0 Å². The summed E-state index contributed by atoms with van der Waals surface area (Å²) in [6.07, 6.45) is -0.821. The lowest BCUT2D eigenvalue weighted by atomic mass is 10.3. The molecule has 0 aliphatic rings. The molecule has 6 nitrogen and oxygen atoms in total. The molecule has 0 unspecified atom stereocenters. The molecular formula is C17H16BrFN2O4. The summed E-state index contributed by atoms with van der Waals surface area (Å²) in [4.78, 5) is 23.5. The SMILES string of the molecule is C[C@H](Oc1cccc(Br)c1)C(=O)NNC(=O)COc1cccc(F)c1. The lowest BCUT2D eigenvalue weighted by Gasteiger charge is -2.15. The van der Waals surface area contributed by atoms with Gasteiger partial charge >= 0.3 is 0 Å². The van der Waals surface area contributed by atoms with Gasteiger partial charge in [-0.3, -0.25) is 20.4 Å². The molecule has 0 fully saturated rings. The van der Waals surface area contributed by atoms with Gasteiger partial charge in [-0.25, -0.2) is 4.39 Å². The van der Waals surface area contributed by atoms with E-state index < -0.39 is 23.7 Å². The van der Waals surface area contributed by atoms with Crippen LogP contribution in [0, 0.1) is 5.82 Å². The van der Waals surface area contributed by atoms with Crippen LogP contribution >= 0.6 is 15.9 Å². The van der Waals surface area contributed by atoms with E-state index in [1.165, 1.54) is 18.2 Å². The van der Waals surface area contributed by atoms with Gasteiger partial charge in [-0.2, -0.15) is 0 Å². The van der Waals surface area contributed by atoms with Crippen molar-refractivity contribution in [2.75, 3.05) is 6.61 Å². The van der Waals surface area contributed by atoms with Gasteiger partial charge < -0.3 is 9.47 Å². The molecule has 2 rings (SSSR count). The monoisotopic (exact) mass is 410 g/mol. The van der Waals surface area contributed by atoms with E-state index in [1.54, 1.807) is 25.1 Å². The Kier molecular flexibility index (Phi) is 6.76. The number of ether oxygens (including phenoxy) is 2. The van der Waals surface area contributed by atoms with Crippen molar-refractivity contribution < 1.29 is 23.5 Å². The first-order chi connectivity index (χ1) is 11.9. The Morgan fingerprint density at radius 2 is 1.84 bits per heavy atom. The van der Waals surface area contributed by atoms with Gasteiger partial charge in [0.15, 0.2) is 12.7 Å². The summed E-state index contributed by atoms with van der Waals surface area (Å²) in [7, 11) is 0. The van der Waals surface area contributed by atoms with E-state index in [0.717, 1.165) is 10.5 Å². The summed E-state index contributed by atoms with van der Waals surface area (Å²) in [5.74, 6) is -0.860. The molecule has 25 heavy (non-hydrogen) atoms. The van der Waals surface area contributed by atoms with E-state index in [2.05, 4.69) is 26.8 Å². The van der Waals surface area contributed by atoms with Crippen LogP contribution in [-0.4, -0.2) is 24.5 Å². The van der Waals surface area contributed by atoms with Crippen LogP contribution in [-0.2, 0) is 9.59 Å². The minimum absolute atomic E-state index is 0.216. The molecular weight excluding hydrogens is 395 g/mol. The minimum atomic E-state index is -0.821. The summed E-state index contributed by atoms with van der Waals surface area (Å²) in [5, 5.41) is 0. The van der Waals surface area contributed by atoms with Crippen LogP contribution in [0.1, 0.15) is 6.92 Å². The number of benzene rings is 2. The maximum Gasteiger partial charge on any atom is 0.279 e. The third kappa shape index (κ3) is 6.42. The van der Waals surface area contributed by atoms with Crippen molar-refractivity contribution in [3.8, 4) is 11.5 Å². The molecule has 2 amide bonds. The van der Waals surface area contributed by atoms with Gasteiger partial charge in [-0.15, -0.1) is 0 Å². The number of hydrazine groups is 1. The Balaban J connectivity index is 1.74. The van der Waals surface area contributed by atoms with Gasteiger partial charge in [-0.05, 0) is 37.3 Å². The van der Waals surface area contributed by atoms with Gasteiger partial charge in [0.25, 0.3) is 11.8 Å². The summed E-state index contributed by atoms with van der Waals surface area (Å²) < 4.78 is 24.4. The van der Waals surface area contributed by atoms with Crippen LogP contribution in [0.4, 0.5) is 4.39 Å². The van der Waals surface area contributed by atoms with Crippen molar-refractivity contribution in [3.05, 3.63) is 58.8 Å². The second-order valence-corrected chi connectivity index (χ2v) is 5.92. The number of carbonyl (C=O) groups excluding carboxylic acids is 2. The molecule has 2 aromatic rings. The Labute approximate surface area is 152 Å². The maximum absolute atomic E-state index is 13.0. The molecule has 0 spiro atoms. The fraction of sp³-hybridized carbons (Fsp3) is 0.176. The second kappa shape index (κ2) is 9.03. The van der Waals surface area contributed by atoms with Crippen LogP contribution in [0.5, 0.6) is 11.5 Å². The molecule has 0 heterocycles. The van der Waals surface area contributed by atoms with Crippen molar-refractivity contribution in [1.29, 1.82) is 0 Å². The van der Waals surface area contributed by atoms with E-state index in [4.69, 9.17) is 9.47 Å². The number of rotatable bonds is 6. The van der Waals surface area contributed by atoms with E-state index in [0.29, 0.717) is 5.75 Å². The first-order valence-electron chi connectivity index (χ1n) is 7.33. The van der Waals surface area contributed by atoms with Crippen molar-refractivity contribution in [2.45, 2.75) is 13.0 Å². The highest BCUT2D eigenvalue weighted by molar-refractivity contribution is 9.10. The molecule has 2 N–H and O–H groups in total. The van der Waals surface area contributed by atoms with Gasteiger partial charge in [0.2, 0.25) is 0 Å². The molecule has 0 radical (unpaired) electrons. The topological polar surface area (TPSA) is 76.7 Å². The fourth-order valence-electron chi connectivity index (χ4n) is 1.77. The zero-order valence-electron chi connectivity index (χ0n) is 13.3. The second-order valence-electron chi connectivity index (χ2n) is 5.00. The van der Waals surface area contributed by atoms with E-state index in [1.807, 2.05) is 6.07 Å². The molecule has 0 saturated heterocycles. The van der Waals surface area contributed by atoms with Gasteiger partial charge in [0, 0.05) is 10.5 Å². The molecule has 8 heteroatoms. The number of hydrogen-bond donors (Lipinski definition) is 2. The van der Waals surface area contributed by atoms with Crippen molar-refractivity contribution >= 4 is 27.7 Å². The number of carbonyl (C=O) groups is 2. The number of amides is 2. The van der Waals surface area contributed by atoms with Crippen LogP contribution in [0.3, 0.4) is 0 Å². The maximum atomic E-state index is 13.0. The van der Waals surface area contributed by atoms with Gasteiger partial charge in [0.05, 0.1) is 0 Å². The Morgan fingerprint density at radius 1 is 1.12 bits per heavy atom. The first-order valence-corrected chi connectivity index (χ1v) is 8.12. The molecule has 132 valence electrons. The fourth-order valence-corrected chi connectivity index (χ4v) is 2.15. The largest absolute Gasteiger partial charge is 0.484 e. The van der Waals surface area contributed by atoms with Crippen LogP contribution in [0.2, 0.25) is 0 Å². The molecule has 0 saturated carbocycles. The van der Waals surface area contributed by atoms with Gasteiger partial charge in [-0.1, -0.05) is 28.1 Å². The third-order valence-corrected chi connectivity index (χ3v) is 3.46. The van der Waals surface area contributed by atoms with Crippen LogP contribution < -0.4 is 20.3 Å². The van der Waals surface area contributed by atoms with E-state index >= 15 is 0 Å². The molecule has 2 aromatic carbocycles. The quantitative estimate of drug-likeness (QED) is 0.717. The Hall–Kier alpha value is -2.61. The zero-order valence-corrected chi connectivity index (χ0v) is 14.9. The summed E-state index contributed by atoms with van der Waals surface area (Å²) in [6, 6.07) is 12.4. The van der Waals surface area contributed by atoms with Crippen molar-refractivity contribution in [3.63, 3.8) is 0 Å². The summed E-state index contributed by atoms with van der Waals surface area (Å²) >= 11 is 3.30. The van der Waals surface area contributed by atoms with Crippen molar-refractivity contribution in [2.24, 2.45) is 0 Å². The molecule has 0 aromatic heterocycles. The lowest BCUT2D eigenvalue weighted by Crippen LogP contribution is -2.48. The minimum Gasteiger partial charge on any atom is -0.484 e. The number of halogens is 2. The average Bonchev–Trinajstić information content (AvgIpc) is 2.58. The Morgan fingerprint density at radius 3 is 2.56 bits per heavy atom. The number of nitrogens with one attached hydrogen (secondary N) is 2. The predicted octanol–water partition coefficient (Wildman–Crippen LogP) is 2.58. The Bertz CT molecular complexity index is 757. The number of hydrogen-bond acceptors (Lipinski definition) is 4. The average molecular weight is 411 g/mol. The highest BCUT2D eigenvalue weighted by atomic mass is 79.9. The van der Waals surface area contributed by atoms with Gasteiger partial charge in [0.1, 0.15) is 17.3 Å². The molecule has 0 bridgehead atoms. The summed E-state index contributed by atoms with van der Waals surface area (Å²) in [6.45, 7) is 1.18. The third-order valence-electron chi connectivity index (χ3n) is 2.97. The smallest absolute Gasteiger partial charge is 0.279 e. The lowest BCUT2D eigenvalue weighted by molar-refractivity contribution is -0.133. The molecule has 0 aliphatic carbocycles. The van der Waals surface area contributed by atoms with Crippen molar-refractivity contribution in [1.82, 2.24) is 10.9 Å². The highest BCUT2D eigenvalue weighted by Gasteiger charge is 2.15. The van der Waals surface area contributed by atoms with Crippen LogP contribution in [0.15, 0.2) is 53.0 Å². The normalized spacial score (nSPS) is 11.3. The zero-order chi connectivity index (χ0) is 18.2. The summed E-state index contributed by atoms with van der Waals surface area (Å²) in [5.41, 5.74) is 4.43.